The molecular formula is C15H13IO4. The zero-order valence-corrected chi connectivity index (χ0v) is 12.9. The van der Waals surface area contributed by atoms with E-state index in [0.29, 0.717) is 5.57 Å². The van der Waals surface area contributed by atoms with Crippen LogP contribution in [-0.4, -0.2) is 22.2 Å². The molecule has 0 aromatic heterocycles. The molecule has 0 amide bonds. The molecule has 0 fully saturated rings. The predicted octanol–water partition coefficient (Wildman–Crippen LogP) is 3.18. The molecule has 0 radical (unpaired) electrons. The SMILES string of the molecule is CC1(C(=O)O)C=C(c2ccccc2I)C=C(C(=O)O)C1. The number of aliphatic carboxylic acids is 2. The Labute approximate surface area is 130 Å². The molecule has 104 valence electrons. The van der Waals surface area contributed by atoms with Crippen LogP contribution in [0.15, 0.2) is 42.0 Å². The van der Waals surface area contributed by atoms with E-state index in [1.165, 1.54) is 0 Å². The molecule has 1 aromatic rings. The van der Waals surface area contributed by atoms with Gasteiger partial charge in [0.05, 0.1) is 5.41 Å². The van der Waals surface area contributed by atoms with E-state index in [2.05, 4.69) is 22.6 Å². The highest BCUT2D eigenvalue weighted by molar-refractivity contribution is 14.1. The van der Waals surface area contributed by atoms with Crippen molar-refractivity contribution in [2.45, 2.75) is 13.3 Å². The zero-order chi connectivity index (χ0) is 14.9. The smallest absolute Gasteiger partial charge is 0.331 e. The van der Waals surface area contributed by atoms with E-state index in [4.69, 9.17) is 0 Å². The number of allylic oxidation sites excluding steroid dienone is 2. The first kappa shape index (κ1) is 14.8. The fraction of sp³-hybridized carbons (Fsp3) is 0.200. The van der Waals surface area contributed by atoms with Crippen molar-refractivity contribution in [3.05, 3.63) is 51.1 Å². The average Bonchev–Trinajstić information content (AvgIpc) is 2.38. The van der Waals surface area contributed by atoms with Gasteiger partial charge in [-0.25, -0.2) is 4.79 Å². The van der Waals surface area contributed by atoms with Crippen molar-refractivity contribution < 1.29 is 19.8 Å². The van der Waals surface area contributed by atoms with Crippen LogP contribution in [0.4, 0.5) is 0 Å². The number of carboxylic acids is 2. The van der Waals surface area contributed by atoms with Crippen LogP contribution in [0.5, 0.6) is 0 Å². The molecule has 1 aliphatic carbocycles. The monoisotopic (exact) mass is 384 g/mol. The molecule has 5 heteroatoms. The molecule has 0 saturated carbocycles. The van der Waals surface area contributed by atoms with Gasteiger partial charge in [0.25, 0.3) is 0 Å². The molecule has 1 atom stereocenters. The van der Waals surface area contributed by atoms with Gasteiger partial charge in [0.15, 0.2) is 0 Å². The molecule has 0 spiro atoms. The predicted molar refractivity (Wildman–Crippen MR) is 83.2 cm³/mol. The molecule has 1 aliphatic rings. The first-order valence-electron chi connectivity index (χ1n) is 5.98. The lowest BCUT2D eigenvalue weighted by molar-refractivity contribution is -0.145. The van der Waals surface area contributed by atoms with Gasteiger partial charge in [0.2, 0.25) is 0 Å². The normalized spacial score (nSPS) is 21.9. The minimum absolute atomic E-state index is 0.00935. The number of carbonyl (C=O) groups is 2. The highest BCUT2D eigenvalue weighted by Crippen LogP contribution is 2.38. The molecule has 0 saturated heterocycles. The third-order valence-corrected chi connectivity index (χ3v) is 4.25. The van der Waals surface area contributed by atoms with E-state index < -0.39 is 17.4 Å². The minimum Gasteiger partial charge on any atom is -0.481 e. The van der Waals surface area contributed by atoms with Crippen molar-refractivity contribution in [1.29, 1.82) is 0 Å². The number of halogens is 1. The van der Waals surface area contributed by atoms with Crippen molar-refractivity contribution >= 4 is 40.1 Å². The van der Waals surface area contributed by atoms with Gasteiger partial charge in [-0.3, -0.25) is 4.79 Å². The fourth-order valence-electron chi connectivity index (χ4n) is 2.20. The second-order valence-electron chi connectivity index (χ2n) is 4.95. The number of hydrogen-bond acceptors (Lipinski definition) is 2. The maximum atomic E-state index is 11.4. The van der Waals surface area contributed by atoms with Crippen LogP contribution in [0.3, 0.4) is 0 Å². The topological polar surface area (TPSA) is 74.6 Å². The van der Waals surface area contributed by atoms with Crippen LogP contribution in [0.25, 0.3) is 5.57 Å². The Balaban J connectivity index is 2.59. The third kappa shape index (κ3) is 2.77. The van der Waals surface area contributed by atoms with E-state index in [0.717, 1.165) is 9.13 Å². The first-order valence-corrected chi connectivity index (χ1v) is 7.06. The van der Waals surface area contributed by atoms with Gasteiger partial charge < -0.3 is 10.2 Å². The van der Waals surface area contributed by atoms with E-state index in [9.17, 15) is 19.8 Å². The van der Waals surface area contributed by atoms with E-state index in [1.807, 2.05) is 24.3 Å². The van der Waals surface area contributed by atoms with Gasteiger partial charge >= 0.3 is 11.9 Å². The van der Waals surface area contributed by atoms with Crippen molar-refractivity contribution in [3.8, 4) is 0 Å². The molecule has 0 bridgehead atoms. The maximum absolute atomic E-state index is 11.4. The Morgan fingerprint density at radius 1 is 1.25 bits per heavy atom. The van der Waals surface area contributed by atoms with Crippen LogP contribution in [-0.2, 0) is 9.59 Å². The van der Waals surface area contributed by atoms with Gasteiger partial charge in [-0.1, -0.05) is 24.3 Å². The molecule has 20 heavy (non-hydrogen) atoms. The molecule has 1 aromatic carbocycles. The van der Waals surface area contributed by atoms with Crippen molar-refractivity contribution in [1.82, 2.24) is 0 Å². The summed E-state index contributed by atoms with van der Waals surface area (Å²) < 4.78 is 0.951. The Bertz CT molecular complexity index is 645. The maximum Gasteiger partial charge on any atom is 0.331 e. The number of hydrogen-bond donors (Lipinski definition) is 2. The molecule has 2 rings (SSSR count). The molecule has 0 aliphatic heterocycles. The van der Waals surface area contributed by atoms with Crippen molar-refractivity contribution in [2.24, 2.45) is 5.41 Å². The summed E-state index contributed by atoms with van der Waals surface area (Å²) >= 11 is 2.15. The Hall–Kier alpha value is -1.63. The summed E-state index contributed by atoms with van der Waals surface area (Å²) in [7, 11) is 0. The Morgan fingerprint density at radius 2 is 1.90 bits per heavy atom. The van der Waals surface area contributed by atoms with Crippen LogP contribution in [0, 0.1) is 8.99 Å². The van der Waals surface area contributed by atoms with Crippen LogP contribution < -0.4 is 0 Å². The molecule has 4 nitrogen and oxygen atoms in total. The summed E-state index contributed by atoms with van der Waals surface area (Å²) in [6.45, 7) is 1.54. The average molecular weight is 384 g/mol. The summed E-state index contributed by atoms with van der Waals surface area (Å²) in [6.07, 6.45) is 3.19. The van der Waals surface area contributed by atoms with E-state index >= 15 is 0 Å². The van der Waals surface area contributed by atoms with Gasteiger partial charge in [0, 0.05) is 9.14 Å². The first-order chi connectivity index (χ1) is 9.33. The summed E-state index contributed by atoms with van der Waals surface area (Å²) in [5.74, 6) is -2.10. The van der Waals surface area contributed by atoms with Gasteiger partial charge in [-0.2, -0.15) is 0 Å². The Morgan fingerprint density at radius 3 is 2.45 bits per heavy atom. The zero-order valence-electron chi connectivity index (χ0n) is 10.8. The lowest BCUT2D eigenvalue weighted by Crippen LogP contribution is -2.29. The van der Waals surface area contributed by atoms with Crippen molar-refractivity contribution in [2.75, 3.05) is 0 Å². The van der Waals surface area contributed by atoms with E-state index in [1.54, 1.807) is 19.1 Å². The van der Waals surface area contributed by atoms with Crippen LogP contribution in [0.1, 0.15) is 18.9 Å². The third-order valence-electron chi connectivity index (χ3n) is 3.31. The van der Waals surface area contributed by atoms with Crippen molar-refractivity contribution in [3.63, 3.8) is 0 Å². The van der Waals surface area contributed by atoms with Gasteiger partial charge in [0.1, 0.15) is 0 Å². The number of rotatable bonds is 3. The van der Waals surface area contributed by atoms with Gasteiger partial charge in [-0.05, 0) is 59.2 Å². The quantitative estimate of drug-likeness (QED) is 0.786. The Kier molecular flexibility index (Phi) is 3.99. The molecule has 1 unspecified atom stereocenters. The summed E-state index contributed by atoms with van der Waals surface area (Å²) in [6, 6.07) is 7.49. The highest BCUT2D eigenvalue weighted by Gasteiger charge is 2.36. The fourth-order valence-corrected chi connectivity index (χ4v) is 2.89. The lowest BCUT2D eigenvalue weighted by atomic mass is 9.76. The summed E-state index contributed by atoms with van der Waals surface area (Å²) in [5, 5.41) is 18.6. The largest absolute Gasteiger partial charge is 0.481 e. The van der Waals surface area contributed by atoms with E-state index in [-0.39, 0.29) is 12.0 Å². The van der Waals surface area contributed by atoms with Crippen LogP contribution >= 0.6 is 22.6 Å². The number of benzene rings is 1. The summed E-state index contributed by atoms with van der Waals surface area (Å²) in [5.41, 5.74) is 0.408. The summed E-state index contributed by atoms with van der Waals surface area (Å²) in [4.78, 5) is 22.7. The molecule has 0 heterocycles. The second-order valence-corrected chi connectivity index (χ2v) is 6.12. The highest BCUT2D eigenvalue weighted by atomic mass is 127. The lowest BCUT2D eigenvalue weighted by Gasteiger charge is -2.26. The minimum atomic E-state index is -1.20. The number of carboxylic acid groups (broad SMARTS) is 2. The van der Waals surface area contributed by atoms with Gasteiger partial charge in [-0.15, -0.1) is 0 Å². The molecular weight excluding hydrogens is 371 g/mol. The molecule has 2 N–H and O–H groups in total. The van der Waals surface area contributed by atoms with Crippen LogP contribution in [0.2, 0.25) is 0 Å². The standard InChI is InChI=1S/C15H13IO4/c1-15(14(19)20)7-9(6-10(8-15)13(17)18)11-4-2-3-5-12(11)16/h2-7H,8H2,1H3,(H,17,18)(H,19,20). The second kappa shape index (κ2) is 5.40.